The number of ether oxygens (including phenoxy) is 1. The number of phenolic OH excluding ortho intramolecular Hbond substituents is 1. The molecule has 4 heteroatoms. The average Bonchev–Trinajstić information content (AvgIpc) is 2.54. The van der Waals surface area contributed by atoms with Gasteiger partial charge >= 0.3 is 0 Å². The summed E-state index contributed by atoms with van der Waals surface area (Å²) in [5.41, 5.74) is 3.39. The Hall–Kier alpha value is -2.20. The van der Waals surface area contributed by atoms with Crippen molar-refractivity contribution in [3.8, 4) is 5.75 Å². The highest BCUT2D eigenvalue weighted by atomic mass is 16.5. The summed E-state index contributed by atoms with van der Waals surface area (Å²) >= 11 is 0. The molecule has 3 rings (SSSR count). The highest BCUT2D eigenvalue weighted by Crippen LogP contribution is 2.19. The van der Waals surface area contributed by atoms with E-state index in [1.165, 1.54) is 11.3 Å². The summed E-state index contributed by atoms with van der Waals surface area (Å²) in [6.07, 6.45) is 0. The minimum absolute atomic E-state index is 0.280. The van der Waals surface area contributed by atoms with Crippen molar-refractivity contribution in [2.75, 3.05) is 36.5 Å². The smallest absolute Gasteiger partial charge is 0.117 e. The summed E-state index contributed by atoms with van der Waals surface area (Å²) in [4.78, 5) is 2.34. The first-order chi connectivity index (χ1) is 10.3. The maximum atomic E-state index is 9.44. The zero-order valence-electron chi connectivity index (χ0n) is 12.0. The van der Waals surface area contributed by atoms with Gasteiger partial charge in [-0.1, -0.05) is 18.2 Å². The van der Waals surface area contributed by atoms with Crippen molar-refractivity contribution in [1.82, 2.24) is 0 Å². The molecule has 0 spiro atoms. The predicted molar refractivity (Wildman–Crippen MR) is 84.9 cm³/mol. The molecule has 0 amide bonds. The fourth-order valence-electron chi connectivity index (χ4n) is 2.47. The number of aromatic hydroxyl groups is 1. The Bertz CT molecular complexity index is 578. The number of anilines is 2. The largest absolute Gasteiger partial charge is 0.508 e. The predicted octanol–water partition coefficient (Wildman–Crippen LogP) is 2.84. The molecule has 0 radical (unpaired) electrons. The normalized spacial score (nSPS) is 15.0. The van der Waals surface area contributed by atoms with E-state index >= 15 is 0 Å². The molecule has 1 fully saturated rings. The molecule has 4 nitrogen and oxygen atoms in total. The van der Waals surface area contributed by atoms with Crippen LogP contribution in [0.1, 0.15) is 5.56 Å². The number of nitrogens with one attached hydrogen (secondary N) is 1. The van der Waals surface area contributed by atoms with E-state index in [2.05, 4.69) is 34.5 Å². The number of hydrogen-bond donors (Lipinski definition) is 2. The zero-order valence-corrected chi connectivity index (χ0v) is 12.0. The zero-order chi connectivity index (χ0) is 14.5. The fraction of sp³-hybridized carbons (Fsp3) is 0.294. The van der Waals surface area contributed by atoms with Crippen molar-refractivity contribution < 1.29 is 9.84 Å². The summed E-state index contributed by atoms with van der Waals surface area (Å²) in [5, 5.41) is 12.7. The summed E-state index contributed by atoms with van der Waals surface area (Å²) in [5.74, 6) is 0.280. The van der Waals surface area contributed by atoms with Gasteiger partial charge in [-0.15, -0.1) is 0 Å². The molecule has 1 aliphatic rings. The van der Waals surface area contributed by atoms with Gasteiger partial charge in [-0.25, -0.2) is 0 Å². The Morgan fingerprint density at radius 1 is 1.05 bits per heavy atom. The molecule has 0 unspecified atom stereocenters. The minimum atomic E-state index is 0.280. The maximum Gasteiger partial charge on any atom is 0.117 e. The molecular weight excluding hydrogens is 264 g/mol. The quantitative estimate of drug-likeness (QED) is 0.906. The molecule has 2 aromatic carbocycles. The van der Waals surface area contributed by atoms with Crippen LogP contribution in [-0.4, -0.2) is 31.4 Å². The summed E-state index contributed by atoms with van der Waals surface area (Å²) in [6.45, 7) is 4.27. The van der Waals surface area contributed by atoms with Crippen LogP contribution in [0.3, 0.4) is 0 Å². The van der Waals surface area contributed by atoms with E-state index in [4.69, 9.17) is 4.74 Å². The molecular formula is C17H20N2O2. The molecule has 2 aromatic rings. The Balaban J connectivity index is 1.59. The highest BCUT2D eigenvalue weighted by Gasteiger charge is 2.10. The van der Waals surface area contributed by atoms with E-state index in [0.717, 1.165) is 38.5 Å². The summed E-state index contributed by atoms with van der Waals surface area (Å²) in [7, 11) is 0. The second-order valence-electron chi connectivity index (χ2n) is 5.17. The van der Waals surface area contributed by atoms with Crippen molar-refractivity contribution in [3.63, 3.8) is 0 Å². The van der Waals surface area contributed by atoms with Crippen LogP contribution in [0.2, 0.25) is 0 Å². The molecule has 0 saturated carbocycles. The lowest BCUT2D eigenvalue weighted by atomic mass is 10.2. The Morgan fingerprint density at radius 3 is 2.52 bits per heavy atom. The molecule has 1 saturated heterocycles. The van der Waals surface area contributed by atoms with Gasteiger partial charge in [-0.2, -0.15) is 0 Å². The van der Waals surface area contributed by atoms with Gasteiger partial charge in [0.25, 0.3) is 0 Å². The number of rotatable bonds is 4. The van der Waals surface area contributed by atoms with Gasteiger partial charge in [0.2, 0.25) is 0 Å². The minimum Gasteiger partial charge on any atom is -0.508 e. The van der Waals surface area contributed by atoms with Crippen molar-refractivity contribution in [2.45, 2.75) is 6.54 Å². The van der Waals surface area contributed by atoms with Crippen LogP contribution < -0.4 is 10.2 Å². The van der Waals surface area contributed by atoms with Crippen LogP contribution in [0.5, 0.6) is 5.75 Å². The van der Waals surface area contributed by atoms with Gasteiger partial charge < -0.3 is 20.1 Å². The van der Waals surface area contributed by atoms with Gasteiger partial charge in [-0.05, 0) is 29.8 Å². The van der Waals surface area contributed by atoms with Gasteiger partial charge in [0.05, 0.1) is 13.2 Å². The summed E-state index contributed by atoms with van der Waals surface area (Å²) < 4.78 is 5.37. The van der Waals surface area contributed by atoms with Crippen LogP contribution in [0.4, 0.5) is 11.4 Å². The third-order valence-corrected chi connectivity index (χ3v) is 3.66. The molecule has 0 bridgehead atoms. The third kappa shape index (κ3) is 3.67. The van der Waals surface area contributed by atoms with E-state index in [1.807, 2.05) is 12.1 Å². The first kappa shape index (κ1) is 13.8. The van der Waals surface area contributed by atoms with Crippen LogP contribution in [0.15, 0.2) is 48.5 Å². The second-order valence-corrected chi connectivity index (χ2v) is 5.17. The lowest BCUT2D eigenvalue weighted by Gasteiger charge is -2.28. The van der Waals surface area contributed by atoms with Crippen molar-refractivity contribution >= 4 is 11.4 Å². The van der Waals surface area contributed by atoms with Crippen molar-refractivity contribution in [3.05, 3.63) is 54.1 Å². The molecule has 21 heavy (non-hydrogen) atoms. The summed E-state index contributed by atoms with van der Waals surface area (Å²) in [6, 6.07) is 15.8. The molecule has 2 N–H and O–H groups in total. The van der Waals surface area contributed by atoms with E-state index in [9.17, 15) is 5.11 Å². The van der Waals surface area contributed by atoms with Crippen LogP contribution in [-0.2, 0) is 11.3 Å². The topological polar surface area (TPSA) is 44.7 Å². The first-order valence-electron chi connectivity index (χ1n) is 7.26. The lowest BCUT2D eigenvalue weighted by molar-refractivity contribution is 0.122. The molecule has 0 aliphatic carbocycles. The number of hydrogen-bond acceptors (Lipinski definition) is 4. The monoisotopic (exact) mass is 284 g/mol. The van der Waals surface area contributed by atoms with E-state index in [0.29, 0.717) is 0 Å². The molecule has 1 aliphatic heterocycles. The Morgan fingerprint density at radius 2 is 1.81 bits per heavy atom. The Labute approximate surface area is 125 Å². The van der Waals surface area contributed by atoms with E-state index < -0.39 is 0 Å². The molecule has 0 aromatic heterocycles. The maximum absolute atomic E-state index is 9.44. The van der Waals surface area contributed by atoms with E-state index in [1.54, 1.807) is 12.1 Å². The van der Waals surface area contributed by atoms with Crippen molar-refractivity contribution in [1.29, 1.82) is 0 Å². The van der Waals surface area contributed by atoms with E-state index in [-0.39, 0.29) is 5.75 Å². The lowest BCUT2D eigenvalue weighted by Crippen LogP contribution is -2.36. The average molecular weight is 284 g/mol. The number of phenols is 1. The highest BCUT2D eigenvalue weighted by molar-refractivity contribution is 5.50. The van der Waals surface area contributed by atoms with Crippen LogP contribution >= 0.6 is 0 Å². The van der Waals surface area contributed by atoms with Crippen LogP contribution in [0, 0.1) is 0 Å². The van der Waals surface area contributed by atoms with Gasteiger partial charge in [0, 0.05) is 37.1 Å². The third-order valence-electron chi connectivity index (χ3n) is 3.66. The van der Waals surface area contributed by atoms with Gasteiger partial charge in [0.15, 0.2) is 0 Å². The van der Waals surface area contributed by atoms with Gasteiger partial charge in [-0.3, -0.25) is 0 Å². The number of nitrogens with zero attached hydrogens (tertiary/aromatic N) is 1. The van der Waals surface area contributed by atoms with Crippen molar-refractivity contribution in [2.24, 2.45) is 0 Å². The number of morpholine rings is 1. The second kappa shape index (κ2) is 6.50. The molecule has 0 atom stereocenters. The molecule has 1 heterocycles. The van der Waals surface area contributed by atoms with Gasteiger partial charge in [0.1, 0.15) is 5.75 Å². The molecule has 110 valence electrons. The standard InChI is InChI=1S/C17H20N2O2/c20-17-3-1-2-15(12-17)18-13-14-4-6-16(7-5-14)19-8-10-21-11-9-19/h1-7,12,18,20H,8-11,13H2. The SMILES string of the molecule is Oc1cccc(NCc2ccc(N3CCOCC3)cc2)c1. The van der Waals surface area contributed by atoms with Crippen LogP contribution in [0.25, 0.3) is 0 Å². The number of benzene rings is 2. The Kier molecular flexibility index (Phi) is 4.26. The fourth-order valence-corrected chi connectivity index (χ4v) is 2.47. The first-order valence-corrected chi connectivity index (χ1v) is 7.26.